The van der Waals surface area contributed by atoms with E-state index >= 15 is 0 Å². The number of nitrogens with one attached hydrogen (secondary N) is 1. The first-order valence-electron chi connectivity index (χ1n) is 18.5. The summed E-state index contributed by atoms with van der Waals surface area (Å²) < 4.78 is 34.0. The first-order chi connectivity index (χ1) is 28.0. The minimum Gasteiger partial charge on any atom is -0.262 e. The molecule has 1 N–H and O–H groups in total. The molecule has 8 nitrogen and oxygen atoms in total. The molecule has 0 unspecified atom stereocenters. The van der Waals surface area contributed by atoms with Gasteiger partial charge in [-0.1, -0.05) is 136 Å². The number of benzene rings is 6. The molecule has 0 saturated carbocycles. The van der Waals surface area contributed by atoms with Gasteiger partial charge in [0.2, 0.25) is 0 Å². The van der Waals surface area contributed by atoms with E-state index in [1.54, 1.807) is 6.20 Å². The normalized spacial score (nSPS) is 10.8. The van der Waals surface area contributed by atoms with Gasteiger partial charge in [0.1, 0.15) is 43.3 Å². The number of hydrogen-bond donors (Lipinski definition) is 1. The molecule has 8 rings (SSSR count). The third-order valence-electron chi connectivity index (χ3n) is 8.46. The second-order valence-electron chi connectivity index (χ2n) is 13.8. The number of pyridine rings is 1. The van der Waals surface area contributed by atoms with E-state index < -0.39 is 26.1 Å². The van der Waals surface area contributed by atoms with E-state index in [4.69, 9.17) is 18.6 Å². The molecule has 304 valence electrons. The molecule has 0 radical (unpaired) electrons. The van der Waals surface area contributed by atoms with Crippen LogP contribution in [-0.2, 0) is 22.5 Å². The quantitative estimate of drug-likeness (QED) is 0.190. The van der Waals surface area contributed by atoms with Crippen molar-refractivity contribution < 1.29 is 45.9 Å². The maximum atomic E-state index is 8.49. The van der Waals surface area contributed by atoms with Crippen LogP contribution in [0.2, 0.25) is 0 Å². The zero-order valence-electron chi connectivity index (χ0n) is 32.8. The van der Waals surface area contributed by atoms with E-state index in [2.05, 4.69) is 223 Å². The Bertz CT molecular complexity index is 2010. The molecule has 0 spiro atoms. The van der Waals surface area contributed by atoms with Crippen LogP contribution in [0.25, 0.3) is 11.5 Å². The Balaban J connectivity index is 0.000000184. The van der Waals surface area contributed by atoms with E-state index in [9.17, 15) is 0 Å². The number of aromatic amines is 1. The summed E-state index contributed by atoms with van der Waals surface area (Å²) in [5.74, 6) is 1.53. The third-order valence-corrected chi connectivity index (χ3v) is 13.9. The third kappa shape index (κ3) is 15.7. The van der Waals surface area contributed by atoms with Crippen LogP contribution in [0.15, 0.2) is 206 Å². The number of nitrogens with zero attached hydrogens (tertiary/aromatic N) is 3. The van der Waals surface area contributed by atoms with E-state index in [0.717, 1.165) is 11.5 Å². The average molecular weight is 892 g/mol. The second kappa shape index (κ2) is 23.6. The van der Waals surface area contributed by atoms with Crippen molar-refractivity contribution in [3.8, 4) is 11.5 Å². The summed E-state index contributed by atoms with van der Waals surface area (Å²) in [7, 11) is -6.70. The molecule has 12 heteroatoms. The fraction of sp³-hybridized carbons (Fsp3) is 0.0851. The predicted octanol–water partition coefficient (Wildman–Crippen LogP) is 3.76. The topological polar surface area (TPSA) is 147 Å². The Morgan fingerprint density at radius 3 is 0.932 bits per heavy atom. The van der Waals surface area contributed by atoms with Gasteiger partial charge in [-0.25, -0.2) is 23.6 Å². The van der Waals surface area contributed by atoms with Crippen molar-refractivity contribution in [2.24, 2.45) is 0 Å². The molecule has 0 atom stereocenters. The molecule has 0 amide bonds. The van der Waals surface area contributed by atoms with Crippen molar-refractivity contribution in [3.63, 3.8) is 0 Å². The molecule has 2 aromatic heterocycles. The predicted molar refractivity (Wildman–Crippen MR) is 231 cm³/mol. The van der Waals surface area contributed by atoms with Crippen molar-refractivity contribution in [2.75, 3.05) is 0 Å². The van der Waals surface area contributed by atoms with Crippen LogP contribution in [0.4, 0.5) is 0 Å². The number of H-pyrrole nitrogens is 1. The standard InChI is InChI=1S/2C18H15P.C11H14N4.ClHO4.Cu/c2*1-4-10-16(11-5-1)19(17-12-6-2-7-13-17)18-14-8-3-9-15-18;1-11(2,3)10-13-9(14-15-10)8-6-4-5-7-12-8;2-1(3,4)5;/h2*1-15H;4-7H,1-3H3,(H,13,14,15);(H,2,3,4,5);/q;;;;+1/p+1. The number of hydrogen-bond acceptors (Lipinski definition) is 7. The molecule has 0 aliphatic heterocycles. The summed E-state index contributed by atoms with van der Waals surface area (Å²) in [5.41, 5.74) is 0.782. The molecule has 6 aromatic carbocycles. The summed E-state index contributed by atoms with van der Waals surface area (Å²) in [5, 5.41) is 15.7. The van der Waals surface area contributed by atoms with Gasteiger partial charge in [0.25, 0.3) is 0 Å². The molecule has 0 fully saturated rings. The van der Waals surface area contributed by atoms with Crippen LogP contribution >= 0.6 is 15.8 Å². The van der Waals surface area contributed by atoms with Gasteiger partial charge in [-0.05, 0) is 84.9 Å². The SMILES string of the molecule is CC(C)(C)c1nc(-c2ccccn2)n[nH]1.[Cu+].[O-][Cl+3]([O-])([O-])[O-].c1ccc([PH+](c2ccccc2)c2ccccc2)cc1.c1ccc([PH+](c2ccccc2)c2ccccc2)cc1. The van der Waals surface area contributed by atoms with Crippen molar-refractivity contribution >= 4 is 47.7 Å². The largest absolute Gasteiger partial charge is 1.00 e. The molecular weight excluding hydrogens is 845 g/mol. The van der Waals surface area contributed by atoms with Gasteiger partial charge in [-0.3, -0.25) is 10.1 Å². The van der Waals surface area contributed by atoms with Gasteiger partial charge in [0, 0.05) is 11.6 Å². The smallest absolute Gasteiger partial charge is 0.262 e. The first-order valence-corrected chi connectivity index (χ1v) is 22.7. The fourth-order valence-corrected chi connectivity index (χ4v) is 11.0. The molecular formula is C47H46ClCuN4O4P2+2. The maximum absolute atomic E-state index is 8.49. The van der Waals surface area contributed by atoms with Gasteiger partial charge in [-0.2, -0.15) is 5.10 Å². The summed E-state index contributed by atoms with van der Waals surface area (Å²) in [6, 6.07) is 70.7. The molecule has 8 aromatic rings. The zero-order chi connectivity index (χ0) is 41.2. The Kier molecular flexibility index (Phi) is 18.8. The summed E-state index contributed by atoms with van der Waals surface area (Å²) in [6.07, 6.45) is 1.74. The minimum atomic E-state index is -4.94. The number of rotatable bonds is 7. The minimum absolute atomic E-state index is 0. The van der Waals surface area contributed by atoms with Crippen LogP contribution < -0.4 is 50.5 Å². The van der Waals surface area contributed by atoms with Crippen molar-refractivity contribution in [1.29, 1.82) is 0 Å². The van der Waals surface area contributed by atoms with Crippen LogP contribution in [0, 0.1) is 10.2 Å². The van der Waals surface area contributed by atoms with Crippen molar-refractivity contribution in [3.05, 3.63) is 212 Å². The second-order valence-corrected chi connectivity index (χ2v) is 19.5. The summed E-state index contributed by atoms with van der Waals surface area (Å²) >= 11 is 0. The Hall–Kier alpha value is -4.88. The van der Waals surface area contributed by atoms with E-state index in [0.29, 0.717) is 5.82 Å². The molecule has 2 heterocycles. The monoisotopic (exact) mass is 890 g/mol. The molecule has 0 saturated heterocycles. The molecule has 0 aliphatic carbocycles. The number of aromatic nitrogens is 4. The molecule has 0 aliphatic rings. The van der Waals surface area contributed by atoms with Gasteiger partial charge < -0.3 is 0 Å². The maximum Gasteiger partial charge on any atom is 1.00 e. The van der Waals surface area contributed by atoms with E-state index in [1.165, 1.54) is 31.8 Å². The van der Waals surface area contributed by atoms with E-state index in [-0.39, 0.29) is 22.5 Å². The van der Waals surface area contributed by atoms with Gasteiger partial charge in [0.15, 0.2) is 5.82 Å². The van der Waals surface area contributed by atoms with Crippen molar-refractivity contribution in [2.45, 2.75) is 26.2 Å². The van der Waals surface area contributed by atoms with Crippen LogP contribution in [0.1, 0.15) is 26.6 Å². The van der Waals surface area contributed by atoms with Gasteiger partial charge >= 0.3 is 17.1 Å². The van der Waals surface area contributed by atoms with Crippen molar-refractivity contribution in [1.82, 2.24) is 20.2 Å². The molecule has 0 bridgehead atoms. The van der Waals surface area contributed by atoms with Crippen LogP contribution in [0.5, 0.6) is 0 Å². The van der Waals surface area contributed by atoms with Gasteiger partial charge in [0.05, 0.1) is 15.8 Å². The number of halogens is 1. The summed E-state index contributed by atoms with van der Waals surface area (Å²) in [6.45, 7) is 6.28. The Labute approximate surface area is 361 Å². The van der Waals surface area contributed by atoms with Crippen LogP contribution in [0.3, 0.4) is 0 Å². The summed E-state index contributed by atoms with van der Waals surface area (Å²) in [4.78, 5) is 8.62. The van der Waals surface area contributed by atoms with E-state index in [1.807, 2.05) is 18.2 Å². The Morgan fingerprint density at radius 2 is 0.712 bits per heavy atom. The van der Waals surface area contributed by atoms with Gasteiger partial charge in [-0.15, -0.1) is 10.2 Å². The average Bonchev–Trinajstić information content (AvgIpc) is 3.76. The first kappa shape index (κ1) is 46.8. The fourth-order valence-electron chi connectivity index (χ4n) is 5.84. The molecule has 59 heavy (non-hydrogen) atoms. The Morgan fingerprint density at radius 1 is 0.441 bits per heavy atom. The van der Waals surface area contributed by atoms with Crippen LogP contribution in [-0.4, -0.2) is 20.2 Å². The zero-order valence-corrected chi connectivity index (χ0v) is 36.5.